The van der Waals surface area contributed by atoms with Crippen molar-refractivity contribution in [1.29, 1.82) is 0 Å². The van der Waals surface area contributed by atoms with Crippen LogP contribution >= 0.6 is 11.8 Å². The van der Waals surface area contributed by atoms with Gasteiger partial charge < -0.3 is 20.1 Å². The molecule has 0 saturated carbocycles. The van der Waals surface area contributed by atoms with Crippen LogP contribution in [0.2, 0.25) is 0 Å². The predicted molar refractivity (Wildman–Crippen MR) is 65.1 cm³/mol. The van der Waals surface area contributed by atoms with Crippen molar-refractivity contribution < 1.29 is 19.4 Å². The van der Waals surface area contributed by atoms with E-state index in [0.29, 0.717) is 18.2 Å². The van der Waals surface area contributed by atoms with Gasteiger partial charge in [-0.3, -0.25) is 0 Å². The molecular formula is C10H18N2O4S. The number of methoxy groups -OCH3 is 1. The number of thioether (sulfide) groups is 1. The molecule has 6 nitrogen and oxygen atoms in total. The first-order valence-electron chi connectivity index (χ1n) is 5.25. The molecule has 1 saturated heterocycles. The molecule has 0 aromatic heterocycles. The molecule has 2 N–H and O–H groups in total. The Morgan fingerprint density at radius 2 is 2.24 bits per heavy atom. The Hall–Kier alpha value is -0.950. The van der Waals surface area contributed by atoms with Crippen LogP contribution < -0.4 is 5.32 Å². The van der Waals surface area contributed by atoms with Gasteiger partial charge in [-0.1, -0.05) is 0 Å². The second-order valence-corrected chi connectivity index (χ2v) is 5.57. The highest BCUT2D eigenvalue weighted by atomic mass is 32.2. The van der Waals surface area contributed by atoms with E-state index in [-0.39, 0.29) is 6.03 Å². The molecule has 0 aromatic carbocycles. The molecule has 1 fully saturated rings. The molecule has 1 aliphatic rings. The van der Waals surface area contributed by atoms with Crippen molar-refractivity contribution in [3.8, 4) is 0 Å². The monoisotopic (exact) mass is 262 g/mol. The number of carboxylic acid groups (broad SMARTS) is 1. The zero-order valence-corrected chi connectivity index (χ0v) is 11.0. The highest BCUT2D eigenvalue weighted by molar-refractivity contribution is 7.99. The van der Waals surface area contributed by atoms with E-state index < -0.39 is 17.6 Å². The summed E-state index contributed by atoms with van der Waals surface area (Å²) >= 11 is 1.44. The van der Waals surface area contributed by atoms with Gasteiger partial charge in [0.1, 0.15) is 6.04 Å². The lowest BCUT2D eigenvalue weighted by Crippen LogP contribution is -2.54. The van der Waals surface area contributed by atoms with Gasteiger partial charge in [0.25, 0.3) is 0 Å². The molecular weight excluding hydrogens is 244 g/mol. The quantitative estimate of drug-likeness (QED) is 0.775. The van der Waals surface area contributed by atoms with Gasteiger partial charge >= 0.3 is 12.0 Å². The molecule has 7 heteroatoms. The van der Waals surface area contributed by atoms with Crippen molar-refractivity contribution in [1.82, 2.24) is 10.2 Å². The first-order valence-corrected chi connectivity index (χ1v) is 6.41. The Morgan fingerprint density at radius 1 is 1.59 bits per heavy atom. The van der Waals surface area contributed by atoms with Crippen LogP contribution in [0.25, 0.3) is 0 Å². The zero-order chi connectivity index (χ0) is 13.1. The predicted octanol–water partition coefficient (Wildman–Crippen LogP) is 0.581. The molecule has 17 heavy (non-hydrogen) atoms. The molecule has 0 unspecified atom stereocenters. The minimum absolute atomic E-state index is 0.357. The number of carbonyl (C=O) groups is 2. The molecule has 1 rings (SSSR count). The van der Waals surface area contributed by atoms with Crippen molar-refractivity contribution in [3.05, 3.63) is 0 Å². The number of hydrogen-bond acceptors (Lipinski definition) is 4. The third-order valence-corrected chi connectivity index (χ3v) is 3.39. The maximum absolute atomic E-state index is 11.9. The fraction of sp³-hybridized carbons (Fsp3) is 0.800. The molecule has 0 aromatic rings. The Labute approximate surface area is 105 Å². The smallest absolute Gasteiger partial charge is 0.327 e. The van der Waals surface area contributed by atoms with Crippen molar-refractivity contribution in [2.45, 2.75) is 25.4 Å². The first-order chi connectivity index (χ1) is 7.87. The Kier molecular flexibility index (Phi) is 4.64. The number of carboxylic acids is 1. The van der Waals surface area contributed by atoms with E-state index in [9.17, 15) is 9.59 Å². The van der Waals surface area contributed by atoms with E-state index in [1.165, 1.54) is 16.7 Å². The van der Waals surface area contributed by atoms with Crippen LogP contribution in [0.1, 0.15) is 13.8 Å². The molecule has 1 heterocycles. The molecule has 98 valence electrons. The normalized spacial score (nSPS) is 20.4. The molecule has 0 spiro atoms. The second kappa shape index (κ2) is 5.59. The topological polar surface area (TPSA) is 78.9 Å². The number of rotatable bonds is 4. The SMILES string of the molecule is COCC(C)(C)NC(=O)N1CSC[C@H]1C(=O)O. The van der Waals surface area contributed by atoms with E-state index in [4.69, 9.17) is 9.84 Å². The number of ether oxygens (including phenoxy) is 1. The van der Waals surface area contributed by atoms with Crippen LogP contribution in [-0.4, -0.2) is 58.9 Å². The molecule has 0 radical (unpaired) electrons. The van der Waals surface area contributed by atoms with Crippen LogP contribution in [0.15, 0.2) is 0 Å². The standard InChI is InChI=1S/C10H18N2O4S/c1-10(2,5-16-3)11-9(15)12-6-17-4-7(12)8(13)14/h7H,4-6H2,1-3H3,(H,11,15)(H,13,14)/t7-/m0/s1. The third kappa shape index (κ3) is 3.78. The van der Waals surface area contributed by atoms with Gasteiger partial charge in [0.05, 0.1) is 18.0 Å². The van der Waals surface area contributed by atoms with E-state index in [1.807, 2.05) is 13.8 Å². The Balaban J connectivity index is 2.61. The maximum atomic E-state index is 11.9. The number of carbonyl (C=O) groups excluding carboxylic acids is 1. The molecule has 0 aliphatic carbocycles. The highest BCUT2D eigenvalue weighted by Gasteiger charge is 2.36. The largest absolute Gasteiger partial charge is 0.480 e. The number of nitrogens with one attached hydrogen (secondary N) is 1. The summed E-state index contributed by atoms with van der Waals surface area (Å²) in [6, 6.07) is -1.09. The van der Waals surface area contributed by atoms with Gasteiger partial charge in [-0.05, 0) is 13.8 Å². The fourth-order valence-corrected chi connectivity index (χ4v) is 2.75. The summed E-state index contributed by atoms with van der Waals surface area (Å²) in [6.07, 6.45) is 0. The van der Waals surface area contributed by atoms with Gasteiger partial charge in [-0.25, -0.2) is 9.59 Å². The fourth-order valence-electron chi connectivity index (χ4n) is 1.61. The summed E-state index contributed by atoms with van der Waals surface area (Å²) in [5.74, 6) is -0.117. The number of amides is 2. The van der Waals surface area contributed by atoms with Gasteiger partial charge in [-0.2, -0.15) is 0 Å². The van der Waals surface area contributed by atoms with E-state index >= 15 is 0 Å². The van der Waals surface area contributed by atoms with Crippen molar-refractivity contribution in [3.63, 3.8) is 0 Å². The lowest BCUT2D eigenvalue weighted by atomic mass is 10.1. The van der Waals surface area contributed by atoms with Crippen molar-refractivity contribution in [2.24, 2.45) is 0 Å². The Morgan fingerprint density at radius 3 is 2.76 bits per heavy atom. The summed E-state index contributed by atoms with van der Waals surface area (Å²) < 4.78 is 4.99. The number of hydrogen-bond donors (Lipinski definition) is 2. The average molecular weight is 262 g/mol. The minimum Gasteiger partial charge on any atom is -0.480 e. The summed E-state index contributed by atoms with van der Waals surface area (Å²) in [6.45, 7) is 4.03. The van der Waals surface area contributed by atoms with E-state index in [2.05, 4.69) is 5.32 Å². The number of aliphatic carboxylic acids is 1. The average Bonchev–Trinajstić information content (AvgIpc) is 2.64. The molecule has 0 bridgehead atoms. The Bertz CT molecular complexity index is 309. The lowest BCUT2D eigenvalue weighted by Gasteiger charge is -2.29. The van der Waals surface area contributed by atoms with Crippen LogP contribution in [0.4, 0.5) is 4.79 Å². The first kappa shape index (κ1) is 14.1. The molecule has 2 amide bonds. The van der Waals surface area contributed by atoms with Gasteiger partial charge in [0, 0.05) is 12.9 Å². The van der Waals surface area contributed by atoms with Crippen LogP contribution in [0.5, 0.6) is 0 Å². The third-order valence-electron chi connectivity index (χ3n) is 2.38. The van der Waals surface area contributed by atoms with E-state index in [1.54, 1.807) is 7.11 Å². The lowest BCUT2D eigenvalue weighted by molar-refractivity contribution is -0.140. The van der Waals surface area contributed by atoms with Gasteiger partial charge in [-0.15, -0.1) is 11.8 Å². The summed E-state index contributed by atoms with van der Waals surface area (Å²) in [4.78, 5) is 24.2. The van der Waals surface area contributed by atoms with Crippen molar-refractivity contribution in [2.75, 3.05) is 25.3 Å². The summed E-state index contributed by atoms with van der Waals surface area (Å²) in [5, 5.41) is 11.7. The van der Waals surface area contributed by atoms with Gasteiger partial charge in [0.2, 0.25) is 0 Å². The summed E-state index contributed by atoms with van der Waals surface area (Å²) in [7, 11) is 1.56. The van der Waals surface area contributed by atoms with Crippen molar-refractivity contribution >= 4 is 23.8 Å². The van der Waals surface area contributed by atoms with Gasteiger partial charge in [0.15, 0.2) is 0 Å². The number of urea groups is 1. The molecule has 1 atom stereocenters. The maximum Gasteiger partial charge on any atom is 0.327 e. The van der Waals surface area contributed by atoms with Crippen LogP contribution in [0, 0.1) is 0 Å². The zero-order valence-electron chi connectivity index (χ0n) is 10.2. The minimum atomic E-state index is -0.963. The van der Waals surface area contributed by atoms with E-state index in [0.717, 1.165) is 0 Å². The highest BCUT2D eigenvalue weighted by Crippen LogP contribution is 2.21. The summed E-state index contributed by atoms with van der Waals surface area (Å²) in [5.41, 5.74) is -0.512. The number of nitrogens with zero attached hydrogens (tertiary/aromatic N) is 1. The van der Waals surface area contributed by atoms with Crippen LogP contribution in [0.3, 0.4) is 0 Å². The molecule has 1 aliphatic heterocycles. The second-order valence-electron chi connectivity index (χ2n) is 4.57. The van der Waals surface area contributed by atoms with Crippen LogP contribution in [-0.2, 0) is 9.53 Å².